The maximum atomic E-state index is 12.8. The van der Waals surface area contributed by atoms with Crippen molar-refractivity contribution in [1.29, 1.82) is 0 Å². The van der Waals surface area contributed by atoms with E-state index in [-0.39, 0.29) is 23.1 Å². The molecule has 2 aliphatic heterocycles. The minimum atomic E-state index is -0.182. The van der Waals surface area contributed by atoms with Crippen molar-refractivity contribution in [3.63, 3.8) is 0 Å². The van der Waals surface area contributed by atoms with E-state index in [2.05, 4.69) is 12.2 Å². The van der Waals surface area contributed by atoms with Crippen molar-refractivity contribution in [3.05, 3.63) is 22.7 Å². The standard InChI is InChI=1S/C21H28N4O3S/c1-21(7-9-25(10-8-21)20(27)13-5-11-28-12-6-13)15-4-3-14-16(22)17(18(26)23-2)29-19(14)24-15/h3-4,13H,5-12,22H2,1-2H3,(H,23,26). The fourth-order valence-electron chi connectivity index (χ4n) is 4.30. The molecule has 7 nitrogen and oxygen atoms in total. The number of nitrogens with zero attached hydrogens (tertiary/aromatic N) is 2. The maximum Gasteiger partial charge on any atom is 0.263 e. The molecule has 0 bridgehead atoms. The second-order valence-corrected chi connectivity index (χ2v) is 9.24. The summed E-state index contributed by atoms with van der Waals surface area (Å²) in [5, 5.41) is 3.46. The molecule has 0 radical (unpaired) electrons. The Morgan fingerprint density at radius 3 is 2.62 bits per heavy atom. The first-order valence-corrected chi connectivity index (χ1v) is 11.0. The minimum Gasteiger partial charge on any atom is -0.397 e. The van der Waals surface area contributed by atoms with E-state index in [1.165, 1.54) is 11.3 Å². The zero-order valence-electron chi connectivity index (χ0n) is 17.0. The molecule has 0 aliphatic carbocycles. The number of nitrogen functional groups attached to an aromatic ring is 1. The first-order chi connectivity index (χ1) is 13.9. The zero-order valence-corrected chi connectivity index (χ0v) is 17.8. The number of hydrogen-bond donors (Lipinski definition) is 2. The quantitative estimate of drug-likeness (QED) is 0.801. The van der Waals surface area contributed by atoms with Gasteiger partial charge >= 0.3 is 0 Å². The molecule has 2 aliphatic rings. The number of carbonyl (C=O) groups is 2. The molecule has 29 heavy (non-hydrogen) atoms. The van der Waals surface area contributed by atoms with Crippen LogP contribution in [0.25, 0.3) is 10.2 Å². The van der Waals surface area contributed by atoms with Crippen molar-refractivity contribution >= 4 is 39.1 Å². The van der Waals surface area contributed by atoms with E-state index in [9.17, 15) is 9.59 Å². The van der Waals surface area contributed by atoms with Crippen molar-refractivity contribution in [2.24, 2.45) is 5.92 Å². The van der Waals surface area contributed by atoms with Crippen LogP contribution in [-0.4, -0.2) is 55.0 Å². The van der Waals surface area contributed by atoms with E-state index in [0.717, 1.165) is 54.7 Å². The van der Waals surface area contributed by atoms with Gasteiger partial charge in [0, 0.05) is 55.8 Å². The van der Waals surface area contributed by atoms with Crippen molar-refractivity contribution < 1.29 is 14.3 Å². The molecule has 8 heteroatoms. The molecule has 4 rings (SSSR count). The Morgan fingerprint density at radius 2 is 1.97 bits per heavy atom. The number of fused-ring (bicyclic) bond motifs is 1. The number of pyridine rings is 1. The fourth-order valence-corrected chi connectivity index (χ4v) is 5.34. The van der Waals surface area contributed by atoms with Crippen LogP contribution in [0.15, 0.2) is 12.1 Å². The minimum absolute atomic E-state index is 0.0907. The number of likely N-dealkylation sites (tertiary alicyclic amines) is 1. The molecule has 0 saturated carbocycles. The lowest BCUT2D eigenvalue weighted by Crippen LogP contribution is -2.47. The van der Waals surface area contributed by atoms with Gasteiger partial charge in [-0.1, -0.05) is 6.92 Å². The van der Waals surface area contributed by atoms with Gasteiger partial charge in [0.15, 0.2) is 0 Å². The van der Waals surface area contributed by atoms with Crippen molar-refractivity contribution in [2.75, 3.05) is 39.1 Å². The maximum absolute atomic E-state index is 12.8. The highest BCUT2D eigenvalue weighted by molar-refractivity contribution is 7.21. The lowest BCUT2D eigenvalue weighted by molar-refractivity contribution is -0.140. The number of piperidine rings is 1. The number of amides is 2. The van der Waals surface area contributed by atoms with Gasteiger partial charge in [-0.3, -0.25) is 9.59 Å². The molecule has 2 amide bonds. The van der Waals surface area contributed by atoms with Crippen LogP contribution in [-0.2, 0) is 14.9 Å². The predicted octanol–water partition coefficient (Wildman–Crippen LogP) is 2.54. The van der Waals surface area contributed by atoms with Crippen LogP contribution < -0.4 is 11.1 Å². The molecular weight excluding hydrogens is 388 g/mol. The molecule has 0 spiro atoms. The summed E-state index contributed by atoms with van der Waals surface area (Å²) in [6.45, 7) is 5.10. The largest absolute Gasteiger partial charge is 0.397 e. The van der Waals surface area contributed by atoms with Gasteiger partial charge in [-0.15, -0.1) is 11.3 Å². The average molecular weight is 417 g/mol. The van der Waals surface area contributed by atoms with Crippen molar-refractivity contribution in [1.82, 2.24) is 15.2 Å². The molecule has 0 atom stereocenters. The lowest BCUT2D eigenvalue weighted by atomic mass is 9.77. The van der Waals surface area contributed by atoms with E-state index in [0.29, 0.717) is 23.8 Å². The highest BCUT2D eigenvalue weighted by Gasteiger charge is 2.36. The van der Waals surface area contributed by atoms with Gasteiger partial charge in [0.05, 0.1) is 5.69 Å². The van der Waals surface area contributed by atoms with Gasteiger partial charge in [0.2, 0.25) is 5.91 Å². The van der Waals surface area contributed by atoms with E-state index in [4.69, 9.17) is 15.5 Å². The second-order valence-electron chi connectivity index (χ2n) is 8.25. The normalized spacial score (nSPS) is 20.0. The van der Waals surface area contributed by atoms with Crippen LogP contribution in [0.4, 0.5) is 5.69 Å². The Labute approximate surface area is 174 Å². The average Bonchev–Trinajstić information content (AvgIpc) is 3.10. The summed E-state index contributed by atoms with van der Waals surface area (Å²) in [5.41, 5.74) is 7.56. The molecule has 2 saturated heterocycles. The van der Waals surface area contributed by atoms with Crippen LogP contribution in [0.2, 0.25) is 0 Å². The van der Waals surface area contributed by atoms with Crippen LogP contribution in [0.5, 0.6) is 0 Å². The molecule has 3 N–H and O–H groups in total. The number of anilines is 1. The Bertz CT molecular complexity index is 927. The zero-order chi connectivity index (χ0) is 20.6. The van der Waals surface area contributed by atoms with E-state index in [1.807, 2.05) is 17.0 Å². The highest BCUT2D eigenvalue weighted by atomic mass is 32.1. The number of rotatable bonds is 3. The highest BCUT2D eigenvalue weighted by Crippen LogP contribution is 2.38. The summed E-state index contributed by atoms with van der Waals surface area (Å²) < 4.78 is 5.38. The molecule has 2 fully saturated rings. The molecule has 2 aromatic heterocycles. The number of hydrogen-bond acceptors (Lipinski definition) is 6. The summed E-state index contributed by atoms with van der Waals surface area (Å²) in [5.74, 6) is 0.206. The Balaban J connectivity index is 1.50. The Morgan fingerprint density at radius 1 is 1.28 bits per heavy atom. The van der Waals surface area contributed by atoms with Gasteiger partial charge in [0.1, 0.15) is 9.71 Å². The van der Waals surface area contributed by atoms with Crippen molar-refractivity contribution in [2.45, 2.75) is 38.0 Å². The van der Waals surface area contributed by atoms with E-state index < -0.39 is 0 Å². The number of carbonyl (C=O) groups excluding carboxylic acids is 2. The third-order valence-electron chi connectivity index (χ3n) is 6.39. The second kappa shape index (κ2) is 7.91. The van der Waals surface area contributed by atoms with Crippen molar-refractivity contribution in [3.8, 4) is 0 Å². The number of aromatic nitrogens is 1. The SMILES string of the molecule is CNC(=O)c1sc2nc(C3(C)CCN(C(=O)C4CCOCC4)CC3)ccc2c1N. The van der Waals surface area contributed by atoms with E-state index in [1.54, 1.807) is 7.05 Å². The topological polar surface area (TPSA) is 97.5 Å². The number of thiophene rings is 1. The van der Waals surface area contributed by atoms with Crippen LogP contribution in [0.1, 0.15) is 48.0 Å². The monoisotopic (exact) mass is 416 g/mol. The van der Waals surface area contributed by atoms with Gasteiger partial charge in [-0.2, -0.15) is 0 Å². The molecule has 156 valence electrons. The number of ether oxygens (including phenoxy) is 1. The fraction of sp³-hybridized carbons (Fsp3) is 0.571. The van der Waals surface area contributed by atoms with Gasteiger partial charge in [0.25, 0.3) is 5.91 Å². The number of nitrogens with two attached hydrogens (primary N) is 1. The molecule has 0 aromatic carbocycles. The molecule has 0 unspecified atom stereocenters. The third kappa shape index (κ3) is 3.71. The summed E-state index contributed by atoms with van der Waals surface area (Å²) in [6, 6.07) is 4.00. The smallest absolute Gasteiger partial charge is 0.263 e. The van der Waals surface area contributed by atoms with E-state index >= 15 is 0 Å². The van der Waals surface area contributed by atoms with Gasteiger partial charge in [-0.25, -0.2) is 4.98 Å². The third-order valence-corrected chi connectivity index (χ3v) is 7.51. The van der Waals surface area contributed by atoms with Crippen LogP contribution in [0.3, 0.4) is 0 Å². The first-order valence-electron chi connectivity index (χ1n) is 10.2. The van der Waals surface area contributed by atoms with Gasteiger partial charge < -0.3 is 20.7 Å². The van der Waals surface area contributed by atoms with Crippen LogP contribution in [0, 0.1) is 5.92 Å². The summed E-state index contributed by atoms with van der Waals surface area (Å²) >= 11 is 1.33. The first kappa shape index (κ1) is 20.1. The summed E-state index contributed by atoms with van der Waals surface area (Å²) in [4.78, 5) is 33.0. The number of nitrogens with one attached hydrogen (secondary N) is 1. The van der Waals surface area contributed by atoms with Gasteiger partial charge in [-0.05, 0) is 37.8 Å². The molecular formula is C21H28N4O3S. The predicted molar refractivity (Wildman–Crippen MR) is 114 cm³/mol. The van der Waals surface area contributed by atoms with Crippen LogP contribution >= 0.6 is 11.3 Å². The lowest BCUT2D eigenvalue weighted by Gasteiger charge is -2.40. The summed E-state index contributed by atoms with van der Waals surface area (Å²) in [6.07, 6.45) is 3.42. The molecule has 4 heterocycles. The summed E-state index contributed by atoms with van der Waals surface area (Å²) in [7, 11) is 1.60. The molecule has 2 aromatic rings. The Hall–Kier alpha value is -2.19. The Kier molecular flexibility index (Phi) is 5.48.